The Morgan fingerprint density at radius 3 is 2.42 bits per heavy atom. The minimum atomic E-state index is -3.66. The average molecular weight is 449 g/mol. The van der Waals surface area contributed by atoms with Gasteiger partial charge in [0.1, 0.15) is 18.1 Å². The topological polar surface area (TPSA) is 77.1 Å². The number of para-hydroxylation sites is 1. The van der Waals surface area contributed by atoms with Crippen molar-refractivity contribution < 1.29 is 22.6 Å². The highest BCUT2D eigenvalue weighted by atomic mass is 32.2. The Balaban J connectivity index is 1.68. The summed E-state index contributed by atoms with van der Waals surface area (Å²) in [4.78, 5) is 2.53. The minimum absolute atomic E-state index is 0.0883. The van der Waals surface area contributed by atoms with Gasteiger partial charge in [0.15, 0.2) is 0 Å². The van der Waals surface area contributed by atoms with E-state index in [-0.39, 0.29) is 17.5 Å². The Bertz CT molecular complexity index is 912. The number of nitrogens with one attached hydrogen (secondary N) is 1. The van der Waals surface area contributed by atoms with Crippen molar-refractivity contribution >= 4 is 10.0 Å². The van der Waals surface area contributed by atoms with E-state index in [1.165, 1.54) is 0 Å². The van der Waals surface area contributed by atoms with Gasteiger partial charge in [-0.05, 0) is 63.2 Å². The molecule has 1 unspecified atom stereocenters. The Kier molecular flexibility index (Phi) is 8.71. The zero-order valence-corrected chi connectivity index (χ0v) is 19.1. The third-order valence-corrected chi connectivity index (χ3v) is 6.82. The lowest BCUT2D eigenvalue weighted by molar-refractivity contribution is 0.110. The smallest absolute Gasteiger partial charge is 0.240 e. The van der Waals surface area contributed by atoms with Gasteiger partial charge in [0.2, 0.25) is 10.0 Å². The number of sulfonamides is 1. The third-order valence-electron chi connectivity index (χ3n) is 5.38. The van der Waals surface area contributed by atoms with Gasteiger partial charge >= 0.3 is 0 Å². The first kappa shape index (κ1) is 23.5. The van der Waals surface area contributed by atoms with Crippen molar-refractivity contribution in [3.63, 3.8) is 0 Å². The van der Waals surface area contributed by atoms with E-state index in [2.05, 4.69) is 9.62 Å². The van der Waals surface area contributed by atoms with Gasteiger partial charge in [0.25, 0.3) is 0 Å². The van der Waals surface area contributed by atoms with Gasteiger partial charge < -0.3 is 14.2 Å². The second kappa shape index (κ2) is 11.5. The van der Waals surface area contributed by atoms with Crippen molar-refractivity contribution in [1.29, 1.82) is 0 Å². The quantitative estimate of drug-likeness (QED) is 0.503. The van der Waals surface area contributed by atoms with E-state index in [1.807, 2.05) is 31.2 Å². The molecular formula is C23H32N2O5S. The summed E-state index contributed by atoms with van der Waals surface area (Å²) in [7, 11) is -2.02. The molecule has 2 aromatic carbocycles. The number of rotatable bonds is 12. The molecule has 8 heteroatoms. The van der Waals surface area contributed by atoms with Crippen LogP contribution in [0.3, 0.4) is 0 Å². The number of methoxy groups -OCH3 is 1. The molecule has 2 aromatic rings. The van der Waals surface area contributed by atoms with Crippen LogP contribution in [0.5, 0.6) is 11.5 Å². The molecule has 1 fully saturated rings. The lowest BCUT2D eigenvalue weighted by atomic mass is 10.0. The van der Waals surface area contributed by atoms with Gasteiger partial charge in [-0.25, -0.2) is 13.1 Å². The Morgan fingerprint density at radius 1 is 1.03 bits per heavy atom. The van der Waals surface area contributed by atoms with Crippen molar-refractivity contribution in [1.82, 2.24) is 9.62 Å². The molecule has 0 aromatic heterocycles. The van der Waals surface area contributed by atoms with E-state index < -0.39 is 10.0 Å². The molecule has 0 spiro atoms. The standard InChI is InChI=1S/C23H32N2O5S/c1-3-29-16-17-30-19-10-12-20(13-11-19)31(26,27)24-18-22(25-14-6-7-15-25)21-8-4-5-9-23(21)28-2/h4-5,8-13,22,24H,3,6-7,14-18H2,1-2H3. The molecule has 0 saturated carbocycles. The van der Waals surface area contributed by atoms with Crippen LogP contribution in [0.1, 0.15) is 31.4 Å². The van der Waals surface area contributed by atoms with Crippen molar-refractivity contribution in [3.8, 4) is 11.5 Å². The van der Waals surface area contributed by atoms with Crippen molar-refractivity contribution in [2.45, 2.75) is 30.7 Å². The molecule has 0 aliphatic carbocycles. The lowest BCUT2D eigenvalue weighted by Crippen LogP contribution is -2.37. The van der Waals surface area contributed by atoms with Crippen LogP contribution in [0, 0.1) is 0 Å². The second-order valence-corrected chi connectivity index (χ2v) is 9.14. The van der Waals surface area contributed by atoms with E-state index in [1.54, 1.807) is 31.4 Å². The Labute approximate surface area is 185 Å². The van der Waals surface area contributed by atoms with E-state index >= 15 is 0 Å². The first-order chi connectivity index (χ1) is 15.0. The van der Waals surface area contributed by atoms with Gasteiger partial charge in [-0.15, -0.1) is 0 Å². The number of likely N-dealkylation sites (tertiary alicyclic amines) is 1. The molecule has 1 heterocycles. The van der Waals surface area contributed by atoms with Crippen LogP contribution in [0.25, 0.3) is 0 Å². The number of ether oxygens (including phenoxy) is 3. The average Bonchev–Trinajstić information content (AvgIpc) is 3.32. The number of hydrogen-bond acceptors (Lipinski definition) is 6. The van der Waals surface area contributed by atoms with Crippen LogP contribution in [-0.2, 0) is 14.8 Å². The normalized spacial score (nSPS) is 15.7. The van der Waals surface area contributed by atoms with Crippen molar-refractivity contribution in [2.24, 2.45) is 0 Å². The molecular weight excluding hydrogens is 416 g/mol. The van der Waals surface area contributed by atoms with E-state index in [0.29, 0.717) is 25.6 Å². The molecule has 1 aliphatic rings. The monoisotopic (exact) mass is 448 g/mol. The SMILES string of the molecule is CCOCCOc1ccc(S(=O)(=O)NCC(c2ccccc2OC)N2CCCC2)cc1. The molecule has 3 rings (SSSR count). The predicted molar refractivity (Wildman–Crippen MR) is 120 cm³/mol. The maximum Gasteiger partial charge on any atom is 0.240 e. The molecule has 1 saturated heterocycles. The van der Waals surface area contributed by atoms with Crippen LogP contribution >= 0.6 is 0 Å². The van der Waals surface area contributed by atoms with Gasteiger partial charge in [0, 0.05) is 18.7 Å². The van der Waals surface area contributed by atoms with Gasteiger partial charge in [-0.3, -0.25) is 4.90 Å². The molecule has 1 atom stereocenters. The van der Waals surface area contributed by atoms with E-state index in [9.17, 15) is 8.42 Å². The highest BCUT2D eigenvalue weighted by molar-refractivity contribution is 7.89. The van der Waals surface area contributed by atoms with Gasteiger partial charge in [-0.1, -0.05) is 18.2 Å². The van der Waals surface area contributed by atoms with Gasteiger partial charge in [0.05, 0.1) is 24.7 Å². The summed E-state index contributed by atoms with van der Waals surface area (Å²) in [6.45, 7) is 5.65. The fraction of sp³-hybridized carbons (Fsp3) is 0.478. The first-order valence-corrected chi connectivity index (χ1v) is 12.2. The maximum absolute atomic E-state index is 12.9. The zero-order chi connectivity index (χ0) is 22.1. The molecule has 7 nitrogen and oxygen atoms in total. The largest absolute Gasteiger partial charge is 0.496 e. The van der Waals surface area contributed by atoms with E-state index in [0.717, 1.165) is 37.2 Å². The highest BCUT2D eigenvalue weighted by Gasteiger charge is 2.27. The molecule has 170 valence electrons. The van der Waals surface area contributed by atoms with Crippen LogP contribution in [0.15, 0.2) is 53.4 Å². The summed E-state index contributed by atoms with van der Waals surface area (Å²) in [6, 6.07) is 14.2. The van der Waals surface area contributed by atoms with E-state index in [4.69, 9.17) is 14.2 Å². The summed E-state index contributed by atoms with van der Waals surface area (Å²) >= 11 is 0. The van der Waals surface area contributed by atoms with Crippen LogP contribution < -0.4 is 14.2 Å². The molecule has 31 heavy (non-hydrogen) atoms. The predicted octanol–water partition coefficient (Wildman–Crippen LogP) is 3.23. The Hall–Kier alpha value is -2.13. The summed E-state index contributed by atoms with van der Waals surface area (Å²) in [5.41, 5.74) is 0.993. The van der Waals surface area contributed by atoms with Crippen molar-refractivity contribution in [3.05, 3.63) is 54.1 Å². The number of hydrogen-bond donors (Lipinski definition) is 1. The first-order valence-electron chi connectivity index (χ1n) is 10.7. The Morgan fingerprint density at radius 2 is 1.74 bits per heavy atom. The minimum Gasteiger partial charge on any atom is -0.496 e. The molecule has 0 bridgehead atoms. The van der Waals surface area contributed by atoms with Crippen LogP contribution in [-0.4, -0.2) is 59.9 Å². The molecule has 0 amide bonds. The van der Waals surface area contributed by atoms with Crippen LogP contribution in [0.4, 0.5) is 0 Å². The zero-order valence-electron chi connectivity index (χ0n) is 18.2. The van der Waals surface area contributed by atoms with Crippen molar-refractivity contribution in [2.75, 3.05) is 46.6 Å². The summed E-state index contributed by atoms with van der Waals surface area (Å²) in [5.74, 6) is 1.38. The fourth-order valence-corrected chi connectivity index (χ4v) is 4.82. The van der Waals surface area contributed by atoms with Crippen LogP contribution in [0.2, 0.25) is 0 Å². The van der Waals surface area contributed by atoms with Gasteiger partial charge in [-0.2, -0.15) is 0 Å². The maximum atomic E-state index is 12.9. The summed E-state index contributed by atoms with van der Waals surface area (Å²) < 4.78 is 45.0. The summed E-state index contributed by atoms with van der Waals surface area (Å²) in [6.07, 6.45) is 2.23. The highest BCUT2D eigenvalue weighted by Crippen LogP contribution is 2.31. The lowest BCUT2D eigenvalue weighted by Gasteiger charge is -2.29. The summed E-state index contributed by atoms with van der Waals surface area (Å²) in [5, 5.41) is 0. The second-order valence-electron chi connectivity index (χ2n) is 7.37. The molecule has 0 radical (unpaired) electrons. The third kappa shape index (κ3) is 6.43. The number of nitrogens with zero attached hydrogens (tertiary/aromatic N) is 1. The molecule has 1 aliphatic heterocycles. The number of benzene rings is 2. The molecule has 1 N–H and O–H groups in total. The fourth-order valence-electron chi connectivity index (χ4n) is 3.78.